The van der Waals surface area contributed by atoms with Crippen molar-refractivity contribution in [3.05, 3.63) is 41.0 Å². The van der Waals surface area contributed by atoms with Crippen LogP contribution in [0.3, 0.4) is 0 Å². The molecule has 0 aliphatic carbocycles. The molecule has 1 aliphatic heterocycles. The second kappa shape index (κ2) is 7.96. The lowest BCUT2D eigenvalue weighted by Gasteiger charge is -2.22. The van der Waals surface area contributed by atoms with Crippen LogP contribution in [0.4, 0.5) is 0 Å². The fourth-order valence-corrected chi connectivity index (χ4v) is 5.22. The van der Waals surface area contributed by atoms with Gasteiger partial charge >= 0.3 is 0 Å². The molecule has 1 aromatic carbocycles. The predicted octanol–water partition coefficient (Wildman–Crippen LogP) is 1.98. The zero-order valence-electron chi connectivity index (χ0n) is 14.9. The smallest absolute Gasteiger partial charge is 0.261 e. The fourth-order valence-electron chi connectivity index (χ4n) is 3.15. The van der Waals surface area contributed by atoms with Crippen molar-refractivity contribution < 1.29 is 13.2 Å². The van der Waals surface area contributed by atoms with E-state index in [-0.39, 0.29) is 10.0 Å². The summed E-state index contributed by atoms with van der Waals surface area (Å²) in [6, 6.07) is 7.95. The normalized spacial score (nSPS) is 17.2. The molecule has 0 spiro atoms. The molecule has 26 heavy (non-hydrogen) atoms. The van der Waals surface area contributed by atoms with Gasteiger partial charge in [-0.25, -0.2) is 8.42 Å². The van der Waals surface area contributed by atoms with Crippen LogP contribution in [0.2, 0.25) is 5.02 Å². The molecule has 1 aromatic heterocycles. The van der Waals surface area contributed by atoms with Crippen molar-refractivity contribution in [1.29, 1.82) is 0 Å². The number of hydrogen-bond donors (Lipinski definition) is 0. The van der Waals surface area contributed by atoms with Crippen molar-refractivity contribution in [3.8, 4) is 5.75 Å². The van der Waals surface area contributed by atoms with Gasteiger partial charge in [-0.1, -0.05) is 23.7 Å². The van der Waals surface area contributed by atoms with Gasteiger partial charge in [0.2, 0.25) is 0 Å². The number of benzene rings is 1. The third-order valence-corrected chi connectivity index (χ3v) is 6.95. The Morgan fingerprint density at radius 3 is 2.50 bits per heavy atom. The average molecular weight is 399 g/mol. The number of sulfonamides is 1. The number of halogens is 1. The van der Waals surface area contributed by atoms with Crippen LogP contribution in [0.15, 0.2) is 35.5 Å². The molecular weight excluding hydrogens is 376 g/mol. The third-order valence-electron chi connectivity index (χ3n) is 4.54. The second-order valence-electron chi connectivity index (χ2n) is 6.30. The van der Waals surface area contributed by atoms with E-state index in [0.29, 0.717) is 19.6 Å². The van der Waals surface area contributed by atoms with Gasteiger partial charge in [0.1, 0.15) is 5.75 Å². The molecule has 3 rings (SSSR count). The van der Waals surface area contributed by atoms with Gasteiger partial charge in [0, 0.05) is 33.2 Å². The van der Waals surface area contributed by atoms with E-state index in [0.717, 1.165) is 25.3 Å². The van der Waals surface area contributed by atoms with Crippen LogP contribution in [-0.4, -0.2) is 60.7 Å². The van der Waals surface area contributed by atoms with Crippen LogP contribution in [0.5, 0.6) is 5.75 Å². The van der Waals surface area contributed by atoms with Gasteiger partial charge in [-0.15, -0.1) is 0 Å². The zero-order chi connectivity index (χ0) is 18.7. The summed E-state index contributed by atoms with van der Waals surface area (Å²) < 4.78 is 33.9. The molecular formula is C17H23ClN4O3S. The van der Waals surface area contributed by atoms with Crippen molar-refractivity contribution in [2.45, 2.75) is 18.0 Å². The number of aryl methyl sites for hydroxylation is 1. The van der Waals surface area contributed by atoms with Crippen molar-refractivity contribution in [2.24, 2.45) is 7.05 Å². The van der Waals surface area contributed by atoms with Crippen molar-refractivity contribution >= 4 is 21.6 Å². The quantitative estimate of drug-likeness (QED) is 0.770. The van der Waals surface area contributed by atoms with Crippen molar-refractivity contribution in [3.63, 3.8) is 0 Å². The lowest BCUT2D eigenvalue weighted by atomic mass is 10.2. The summed E-state index contributed by atoms with van der Waals surface area (Å²) in [5, 5.41) is 4.16. The van der Waals surface area contributed by atoms with E-state index in [9.17, 15) is 8.42 Å². The largest absolute Gasteiger partial charge is 0.497 e. The number of methoxy groups -OCH3 is 1. The van der Waals surface area contributed by atoms with Crippen LogP contribution in [0.1, 0.15) is 12.0 Å². The Morgan fingerprint density at radius 2 is 1.88 bits per heavy atom. The molecule has 1 aliphatic rings. The van der Waals surface area contributed by atoms with E-state index >= 15 is 0 Å². The highest BCUT2D eigenvalue weighted by atomic mass is 35.5. The van der Waals surface area contributed by atoms with Crippen LogP contribution in [0.25, 0.3) is 0 Å². The zero-order valence-corrected chi connectivity index (χ0v) is 16.5. The summed E-state index contributed by atoms with van der Waals surface area (Å²) in [7, 11) is -0.414. The van der Waals surface area contributed by atoms with Crippen LogP contribution in [-0.2, 0) is 23.6 Å². The molecule has 0 N–H and O–H groups in total. The molecule has 7 nitrogen and oxygen atoms in total. The summed E-state index contributed by atoms with van der Waals surface area (Å²) in [6.07, 6.45) is 2.13. The topological polar surface area (TPSA) is 67.7 Å². The summed E-state index contributed by atoms with van der Waals surface area (Å²) in [6.45, 7) is 3.20. The van der Waals surface area contributed by atoms with Crippen LogP contribution < -0.4 is 4.74 Å². The molecule has 0 bridgehead atoms. The summed E-state index contributed by atoms with van der Waals surface area (Å²) >= 11 is 6.04. The average Bonchev–Trinajstić information content (AvgIpc) is 2.82. The molecule has 0 amide bonds. The van der Waals surface area contributed by atoms with Crippen molar-refractivity contribution in [2.75, 3.05) is 33.3 Å². The molecule has 1 saturated heterocycles. The maximum atomic E-state index is 12.9. The Morgan fingerprint density at radius 1 is 1.15 bits per heavy atom. The molecule has 0 unspecified atom stereocenters. The Bertz CT molecular complexity index is 832. The van der Waals surface area contributed by atoms with E-state index in [1.54, 1.807) is 14.2 Å². The van der Waals surface area contributed by atoms with Crippen LogP contribution >= 0.6 is 11.6 Å². The standard InChI is InChI=1S/C17H23ClN4O3S/c1-20-17(16(18)12-19-20)26(23,24)22-9-3-8-21(10-11-22)13-14-4-6-15(25-2)7-5-14/h4-7,12H,3,8-11,13H2,1-2H3. The van der Waals surface area contributed by atoms with E-state index in [1.807, 2.05) is 24.3 Å². The van der Waals surface area contributed by atoms with Gasteiger partial charge in [0.05, 0.1) is 18.3 Å². The lowest BCUT2D eigenvalue weighted by Crippen LogP contribution is -2.36. The van der Waals surface area contributed by atoms with Crippen LogP contribution in [0, 0.1) is 0 Å². The van der Waals surface area contributed by atoms with Gasteiger partial charge in [0.15, 0.2) is 5.03 Å². The van der Waals surface area contributed by atoms with E-state index in [2.05, 4.69) is 10.00 Å². The minimum Gasteiger partial charge on any atom is -0.497 e. The van der Waals surface area contributed by atoms with E-state index < -0.39 is 10.0 Å². The maximum absolute atomic E-state index is 12.9. The lowest BCUT2D eigenvalue weighted by molar-refractivity contribution is 0.278. The minimum atomic E-state index is -3.65. The number of hydrogen-bond acceptors (Lipinski definition) is 5. The number of nitrogens with zero attached hydrogens (tertiary/aromatic N) is 4. The molecule has 0 saturated carbocycles. The van der Waals surface area contributed by atoms with E-state index in [1.165, 1.54) is 20.7 Å². The van der Waals surface area contributed by atoms with Gasteiger partial charge in [-0.05, 0) is 30.7 Å². The number of ether oxygens (including phenoxy) is 1. The summed E-state index contributed by atoms with van der Waals surface area (Å²) in [4.78, 5) is 2.27. The molecule has 9 heteroatoms. The van der Waals surface area contributed by atoms with Gasteiger partial charge < -0.3 is 4.74 Å². The maximum Gasteiger partial charge on any atom is 0.261 e. The molecule has 0 radical (unpaired) electrons. The van der Waals surface area contributed by atoms with Gasteiger partial charge in [-0.2, -0.15) is 9.40 Å². The third kappa shape index (κ3) is 4.03. The highest BCUT2D eigenvalue weighted by molar-refractivity contribution is 7.89. The van der Waals surface area contributed by atoms with E-state index in [4.69, 9.17) is 16.3 Å². The summed E-state index contributed by atoms with van der Waals surface area (Å²) in [5.74, 6) is 0.829. The monoisotopic (exact) mass is 398 g/mol. The Hall–Kier alpha value is -1.61. The van der Waals surface area contributed by atoms with Crippen molar-refractivity contribution in [1.82, 2.24) is 19.0 Å². The predicted molar refractivity (Wildman–Crippen MR) is 99.9 cm³/mol. The first kappa shape index (κ1) is 19.2. The Balaban J connectivity index is 1.68. The molecule has 0 atom stereocenters. The summed E-state index contributed by atoms with van der Waals surface area (Å²) in [5.41, 5.74) is 1.18. The minimum absolute atomic E-state index is 0.0581. The van der Waals surface area contributed by atoms with Gasteiger partial charge in [-0.3, -0.25) is 9.58 Å². The first-order chi connectivity index (χ1) is 12.4. The SMILES string of the molecule is COc1ccc(CN2CCCN(S(=O)(=O)c3c(Cl)cnn3C)CC2)cc1. The molecule has 1 fully saturated rings. The second-order valence-corrected chi connectivity index (χ2v) is 8.56. The number of aromatic nitrogens is 2. The Labute approximate surface area is 159 Å². The molecule has 2 heterocycles. The first-order valence-corrected chi connectivity index (χ1v) is 10.3. The first-order valence-electron chi connectivity index (χ1n) is 8.45. The number of rotatable bonds is 5. The molecule has 2 aromatic rings. The highest BCUT2D eigenvalue weighted by Crippen LogP contribution is 2.25. The van der Waals surface area contributed by atoms with Gasteiger partial charge in [0.25, 0.3) is 10.0 Å². The fraction of sp³-hybridized carbons (Fsp3) is 0.471. The Kier molecular flexibility index (Phi) is 5.86. The highest BCUT2D eigenvalue weighted by Gasteiger charge is 2.31. The molecule has 142 valence electrons.